The minimum atomic E-state index is -3.00. The molecule has 0 unspecified atom stereocenters. The lowest BCUT2D eigenvalue weighted by molar-refractivity contribution is -0.136. The molecule has 0 aliphatic rings. The zero-order chi connectivity index (χ0) is 23.2. The van der Waals surface area contributed by atoms with Crippen LogP contribution in [0.2, 0.25) is 0 Å². The first-order chi connectivity index (χ1) is 16.0. The minimum absolute atomic E-state index is 0.266. The molecule has 0 aliphatic heterocycles. The molecule has 0 saturated carbocycles. The highest BCUT2D eigenvalue weighted by atomic mass is 27.3. The molecule has 6 nitrogen and oxygen atoms in total. The summed E-state index contributed by atoms with van der Waals surface area (Å²) >= 11 is -3.00. The average Bonchev–Trinajstić information content (AvgIpc) is 2.80. The van der Waals surface area contributed by atoms with E-state index in [9.17, 15) is 4.79 Å². The molecule has 0 fully saturated rings. The third-order valence-corrected chi connectivity index (χ3v) is 6.46. The van der Waals surface area contributed by atoms with Crippen molar-refractivity contribution in [3.63, 3.8) is 0 Å². The summed E-state index contributed by atoms with van der Waals surface area (Å²) in [5, 5.41) is 1.87. The van der Waals surface area contributed by atoms with Crippen molar-refractivity contribution in [1.82, 2.24) is 9.97 Å². The zero-order valence-corrected chi connectivity index (χ0v) is 19.9. The Morgan fingerprint density at radius 3 is 1.94 bits per heavy atom. The minimum Gasteiger partial charge on any atom is -0.576 e. The highest BCUT2D eigenvalue weighted by Crippen LogP contribution is 2.28. The standard InChI is InChI=1S/2C10H9NO.C6H10O2.Al/c2*1-7-5-6-8-3-2-4-9(12)10(8)11-7;1-2-3-4-5-6(7)8;/h2*2-6,12H,1H3;2H,1,3-5H2,(H,7,8);/q;;;+3/p-3. The summed E-state index contributed by atoms with van der Waals surface area (Å²) in [7, 11) is 0. The molecule has 2 heterocycles. The van der Waals surface area contributed by atoms with Gasteiger partial charge in [0.05, 0.1) is 0 Å². The lowest BCUT2D eigenvalue weighted by Crippen LogP contribution is -2.36. The molecule has 0 bridgehead atoms. The number of hydrogen-bond acceptors (Lipinski definition) is 6. The number of para-hydroxylation sites is 2. The number of nitrogens with zero attached hydrogens (tertiary/aromatic N) is 2. The van der Waals surface area contributed by atoms with E-state index in [0.717, 1.165) is 28.6 Å². The Bertz CT molecular complexity index is 1220. The van der Waals surface area contributed by atoms with Crippen LogP contribution in [0.3, 0.4) is 0 Å². The van der Waals surface area contributed by atoms with Gasteiger partial charge < -0.3 is 11.4 Å². The van der Waals surface area contributed by atoms with Crippen molar-refractivity contribution < 1.29 is 16.2 Å². The van der Waals surface area contributed by atoms with Gasteiger partial charge in [-0.1, -0.05) is 42.5 Å². The number of unbranched alkanes of at least 4 members (excludes halogenated alkanes) is 1. The fraction of sp³-hybridized carbons (Fsp3) is 0.192. The van der Waals surface area contributed by atoms with E-state index >= 15 is 0 Å². The topological polar surface area (TPSA) is 70.5 Å². The van der Waals surface area contributed by atoms with Crippen molar-refractivity contribution in [2.75, 3.05) is 0 Å². The summed E-state index contributed by atoms with van der Waals surface area (Å²) in [6.07, 6.45) is 3.45. The Hall–Kier alpha value is -3.40. The molecule has 0 atom stereocenters. The van der Waals surface area contributed by atoms with Crippen LogP contribution in [0.1, 0.15) is 30.7 Å². The molecule has 0 spiro atoms. The van der Waals surface area contributed by atoms with Gasteiger partial charge in [0.25, 0.3) is 5.97 Å². The molecule has 4 rings (SSSR count). The van der Waals surface area contributed by atoms with Crippen LogP contribution in [-0.4, -0.2) is 31.1 Å². The number of aryl methyl sites for hydroxylation is 2. The Labute approximate surface area is 198 Å². The summed E-state index contributed by atoms with van der Waals surface area (Å²) < 4.78 is 18.1. The smallest absolute Gasteiger partial charge is 0.576 e. The molecule has 0 radical (unpaired) electrons. The molecule has 2 aromatic carbocycles. The first-order valence-corrected chi connectivity index (χ1v) is 12.3. The van der Waals surface area contributed by atoms with Gasteiger partial charge in [0.1, 0.15) is 22.5 Å². The number of aromatic nitrogens is 2. The maximum absolute atomic E-state index is 12.5. The average molecular weight is 456 g/mol. The molecular weight excluding hydrogens is 431 g/mol. The van der Waals surface area contributed by atoms with E-state index in [1.807, 2.05) is 74.5 Å². The van der Waals surface area contributed by atoms with Crippen LogP contribution in [0, 0.1) is 13.8 Å². The first-order valence-electron chi connectivity index (χ1n) is 10.9. The van der Waals surface area contributed by atoms with Gasteiger partial charge >= 0.3 is 15.1 Å². The monoisotopic (exact) mass is 456 g/mol. The number of hydrogen-bond donors (Lipinski definition) is 0. The van der Waals surface area contributed by atoms with Gasteiger partial charge in [-0.25, -0.2) is 9.97 Å². The van der Waals surface area contributed by atoms with Crippen molar-refractivity contribution >= 4 is 42.9 Å². The molecule has 166 valence electrons. The summed E-state index contributed by atoms with van der Waals surface area (Å²) in [5.74, 6) is 0.689. The SMILES string of the molecule is C=CCCCC(=O)[O][Al]([O]c1cccc2ccc(C)nc12)[O]c1cccc2ccc(C)nc12. The van der Waals surface area contributed by atoms with E-state index < -0.39 is 15.1 Å². The second-order valence-electron chi connectivity index (χ2n) is 7.76. The molecule has 0 aliphatic carbocycles. The number of benzene rings is 2. The zero-order valence-electron chi connectivity index (χ0n) is 18.8. The quantitative estimate of drug-likeness (QED) is 0.182. The lowest BCUT2D eigenvalue weighted by atomic mass is 10.2. The molecule has 2 aromatic heterocycles. The van der Waals surface area contributed by atoms with Gasteiger partial charge in [-0.05, 0) is 51.0 Å². The molecule has 4 aromatic rings. The molecule has 0 amide bonds. The number of carbonyl (C=O) groups is 1. The number of fused-ring (bicyclic) bond motifs is 2. The van der Waals surface area contributed by atoms with Crippen LogP contribution >= 0.6 is 0 Å². The fourth-order valence-corrected chi connectivity index (χ4v) is 4.73. The Morgan fingerprint density at radius 2 is 1.42 bits per heavy atom. The third kappa shape index (κ3) is 5.70. The van der Waals surface area contributed by atoms with Gasteiger partial charge in [-0.2, -0.15) is 0 Å². The molecule has 0 saturated heterocycles. The maximum Gasteiger partial charge on any atom is 1.20 e. The Morgan fingerprint density at radius 1 is 0.879 bits per heavy atom. The Balaban J connectivity index is 1.66. The van der Waals surface area contributed by atoms with E-state index in [4.69, 9.17) is 11.4 Å². The van der Waals surface area contributed by atoms with Gasteiger partial charge in [-0.15, -0.1) is 6.58 Å². The van der Waals surface area contributed by atoms with Crippen LogP contribution < -0.4 is 7.58 Å². The predicted molar refractivity (Wildman–Crippen MR) is 130 cm³/mol. The van der Waals surface area contributed by atoms with E-state index in [0.29, 0.717) is 29.0 Å². The molecule has 0 N–H and O–H groups in total. The van der Waals surface area contributed by atoms with Gasteiger partial charge in [0.2, 0.25) is 0 Å². The maximum atomic E-state index is 12.5. The lowest BCUT2D eigenvalue weighted by Gasteiger charge is -2.17. The largest absolute Gasteiger partial charge is 1.20 e. The van der Waals surface area contributed by atoms with Gasteiger partial charge in [0, 0.05) is 28.6 Å². The van der Waals surface area contributed by atoms with E-state index in [1.165, 1.54) is 0 Å². The van der Waals surface area contributed by atoms with E-state index in [2.05, 4.69) is 16.5 Å². The number of allylic oxidation sites excluding steroid dienone is 1. The second kappa shape index (κ2) is 10.5. The second-order valence-corrected chi connectivity index (χ2v) is 9.04. The third-order valence-electron chi connectivity index (χ3n) is 5.11. The summed E-state index contributed by atoms with van der Waals surface area (Å²) in [5.41, 5.74) is 3.14. The van der Waals surface area contributed by atoms with Gasteiger partial charge in [0.15, 0.2) is 0 Å². The van der Waals surface area contributed by atoms with Crippen molar-refractivity contribution in [3.05, 3.63) is 84.7 Å². The van der Waals surface area contributed by atoms with Crippen LogP contribution in [-0.2, 0) is 8.58 Å². The molecular formula is C26H25AlN2O4. The van der Waals surface area contributed by atoms with E-state index in [1.54, 1.807) is 6.08 Å². The number of rotatable bonds is 9. The van der Waals surface area contributed by atoms with Crippen LogP contribution in [0.5, 0.6) is 11.5 Å². The highest BCUT2D eigenvalue weighted by Gasteiger charge is 2.46. The van der Waals surface area contributed by atoms with Crippen molar-refractivity contribution in [3.8, 4) is 11.5 Å². The molecule has 33 heavy (non-hydrogen) atoms. The van der Waals surface area contributed by atoms with Crippen LogP contribution in [0.15, 0.2) is 73.3 Å². The van der Waals surface area contributed by atoms with Gasteiger partial charge in [-0.3, -0.25) is 4.79 Å². The van der Waals surface area contributed by atoms with Crippen LogP contribution in [0.4, 0.5) is 0 Å². The van der Waals surface area contributed by atoms with Crippen molar-refractivity contribution in [2.45, 2.75) is 33.1 Å². The van der Waals surface area contributed by atoms with E-state index in [-0.39, 0.29) is 12.4 Å². The van der Waals surface area contributed by atoms with Crippen molar-refractivity contribution in [2.24, 2.45) is 0 Å². The summed E-state index contributed by atoms with van der Waals surface area (Å²) in [4.78, 5) is 21.8. The summed E-state index contributed by atoms with van der Waals surface area (Å²) in [6.45, 7) is 7.54. The normalized spacial score (nSPS) is 10.7. The number of carbonyl (C=O) groups excluding carboxylic acids is 1. The van der Waals surface area contributed by atoms with Crippen LogP contribution in [0.25, 0.3) is 21.8 Å². The summed E-state index contributed by atoms with van der Waals surface area (Å²) in [6, 6.07) is 19.2. The number of pyridine rings is 2. The Kier molecular flexibility index (Phi) is 7.24. The molecule has 7 heteroatoms. The predicted octanol–water partition coefficient (Wildman–Crippen LogP) is 5.74. The fourth-order valence-electron chi connectivity index (χ4n) is 3.46. The first kappa shape index (κ1) is 22.8. The highest BCUT2D eigenvalue weighted by molar-refractivity contribution is 6.41. The van der Waals surface area contributed by atoms with Crippen molar-refractivity contribution in [1.29, 1.82) is 0 Å².